The molecule has 9 heteroatoms. The van der Waals surface area contributed by atoms with Gasteiger partial charge in [0.1, 0.15) is 29.1 Å². The fraction of sp³-hybridized carbons (Fsp3) is 0.240. The molecule has 0 aliphatic carbocycles. The Labute approximate surface area is 197 Å². The largest absolute Gasteiger partial charge is 0.455 e. The SMILES string of the molecule is CN(C)C(=O)c1ccc(Oc2ccc(Nc3ccc(C#N)cn3)cc2CN2CCCC2=O)cn1. The smallest absolute Gasteiger partial charge is 0.271 e. The van der Waals surface area contributed by atoms with E-state index in [0.29, 0.717) is 48.1 Å². The minimum absolute atomic E-state index is 0.117. The maximum absolute atomic E-state index is 12.2. The van der Waals surface area contributed by atoms with Crippen LogP contribution in [-0.2, 0) is 11.3 Å². The minimum Gasteiger partial charge on any atom is -0.455 e. The Morgan fingerprint density at radius 3 is 2.65 bits per heavy atom. The number of likely N-dealkylation sites (tertiary alicyclic amines) is 1. The van der Waals surface area contributed by atoms with Crippen LogP contribution in [0.4, 0.5) is 11.5 Å². The molecule has 0 saturated carbocycles. The minimum atomic E-state index is -0.188. The Hall–Kier alpha value is -4.45. The van der Waals surface area contributed by atoms with E-state index in [0.717, 1.165) is 17.7 Å². The predicted octanol–water partition coefficient (Wildman–Crippen LogP) is 3.71. The van der Waals surface area contributed by atoms with Crippen molar-refractivity contribution in [2.75, 3.05) is 26.0 Å². The number of pyridine rings is 2. The summed E-state index contributed by atoms with van der Waals surface area (Å²) in [6, 6.07) is 14.4. The normalized spacial score (nSPS) is 12.9. The van der Waals surface area contributed by atoms with E-state index in [1.54, 1.807) is 38.4 Å². The molecule has 0 bridgehead atoms. The van der Waals surface area contributed by atoms with E-state index in [9.17, 15) is 9.59 Å². The van der Waals surface area contributed by atoms with E-state index in [-0.39, 0.29) is 11.8 Å². The molecule has 3 aromatic rings. The number of anilines is 2. The maximum Gasteiger partial charge on any atom is 0.271 e. The Morgan fingerprint density at radius 2 is 2.03 bits per heavy atom. The Bertz CT molecular complexity index is 1230. The van der Waals surface area contributed by atoms with Crippen molar-refractivity contribution in [2.24, 2.45) is 0 Å². The molecule has 0 radical (unpaired) electrons. The highest BCUT2D eigenvalue weighted by atomic mass is 16.5. The van der Waals surface area contributed by atoms with Gasteiger partial charge in [0.05, 0.1) is 11.8 Å². The van der Waals surface area contributed by atoms with Gasteiger partial charge in [-0.25, -0.2) is 9.97 Å². The average Bonchev–Trinajstić information content (AvgIpc) is 3.25. The number of hydrogen-bond acceptors (Lipinski definition) is 7. The summed E-state index contributed by atoms with van der Waals surface area (Å²) in [6.45, 7) is 1.12. The van der Waals surface area contributed by atoms with Crippen molar-refractivity contribution in [3.63, 3.8) is 0 Å². The van der Waals surface area contributed by atoms with Crippen molar-refractivity contribution in [3.8, 4) is 17.6 Å². The van der Waals surface area contributed by atoms with Gasteiger partial charge in [-0.1, -0.05) is 0 Å². The summed E-state index contributed by atoms with van der Waals surface area (Å²) in [7, 11) is 3.34. The van der Waals surface area contributed by atoms with Crippen molar-refractivity contribution in [1.82, 2.24) is 19.8 Å². The molecule has 3 heterocycles. The van der Waals surface area contributed by atoms with E-state index in [1.807, 2.05) is 29.2 Å². The quantitative estimate of drug-likeness (QED) is 0.577. The highest BCUT2D eigenvalue weighted by Gasteiger charge is 2.22. The zero-order valence-electron chi connectivity index (χ0n) is 19.0. The third kappa shape index (κ3) is 5.30. The standard InChI is InChI=1S/C25H24N6O3/c1-30(2)25(33)21-8-7-20(15-27-21)34-22-9-6-19(29-23-10-5-17(13-26)14-28-23)12-18(22)16-31-11-3-4-24(31)32/h5-10,12,14-15H,3-4,11,16H2,1-2H3,(H,28,29). The predicted molar refractivity (Wildman–Crippen MR) is 126 cm³/mol. The van der Waals surface area contributed by atoms with Gasteiger partial charge in [0, 0.05) is 51.1 Å². The number of rotatable bonds is 7. The van der Waals surface area contributed by atoms with Crippen LogP contribution < -0.4 is 10.1 Å². The second-order valence-corrected chi connectivity index (χ2v) is 8.09. The van der Waals surface area contributed by atoms with Crippen LogP contribution in [0.15, 0.2) is 54.9 Å². The first-order valence-electron chi connectivity index (χ1n) is 10.8. The van der Waals surface area contributed by atoms with Crippen molar-refractivity contribution in [3.05, 3.63) is 71.7 Å². The number of carbonyl (C=O) groups is 2. The van der Waals surface area contributed by atoms with Crippen LogP contribution in [-0.4, -0.2) is 52.2 Å². The van der Waals surface area contributed by atoms with Crippen LogP contribution in [0.25, 0.3) is 0 Å². The molecule has 0 spiro atoms. The van der Waals surface area contributed by atoms with E-state index in [2.05, 4.69) is 15.3 Å². The van der Waals surface area contributed by atoms with Gasteiger partial charge in [-0.05, 0) is 48.9 Å². The first kappa shape index (κ1) is 22.7. The lowest BCUT2D eigenvalue weighted by Gasteiger charge is -2.19. The number of nitrogens with zero attached hydrogens (tertiary/aromatic N) is 5. The summed E-state index contributed by atoms with van der Waals surface area (Å²) in [5.41, 5.74) is 2.41. The van der Waals surface area contributed by atoms with Gasteiger partial charge in [-0.3, -0.25) is 9.59 Å². The van der Waals surface area contributed by atoms with Gasteiger partial charge in [-0.15, -0.1) is 0 Å². The number of aromatic nitrogens is 2. The second-order valence-electron chi connectivity index (χ2n) is 8.09. The van der Waals surface area contributed by atoms with Crippen LogP contribution in [0.3, 0.4) is 0 Å². The Balaban J connectivity index is 1.58. The lowest BCUT2D eigenvalue weighted by Crippen LogP contribution is -2.24. The summed E-state index contributed by atoms with van der Waals surface area (Å²) < 4.78 is 6.08. The summed E-state index contributed by atoms with van der Waals surface area (Å²) in [5.74, 6) is 1.60. The van der Waals surface area contributed by atoms with E-state index < -0.39 is 0 Å². The third-order valence-electron chi connectivity index (χ3n) is 5.35. The molecule has 1 aromatic carbocycles. The first-order chi connectivity index (χ1) is 16.4. The Morgan fingerprint density at radius 1 is 1.18 bits per heavy atom. The topological polar surface area (TPSA) is 111 Å². The molecule has 0 unspecified atom stereocenters. The number of nitrogens with one attached hydrogen (secondary N) is 1. The van der Waals surface area contributed by atoms with Crippen LogP contribution in [0, 0.1) is 11.3 Å². The van der Waals surface area contributed by atoms with Gasteiger partial charge in [-0.2, -0.15) is 5.26 Å². The number of amides is 2. The number of carbonyl (C=O) groups excluding carboxylic acids is 2. The lowest BCUT2D eigenvalue weighted by molar-refractivity contribution is -0.128. The molecular formula is C25H24N6O3. The van der Waals surface area contributed by atoms with E-state index in [4.69, 9.17) is 10.00 Å². The molecular weight excluding hydrogens is 432 g/mol. The zero-order chi connectivity index (χ0) is 24.1. The lowest BCUT2D eigenvalue weighted by atomic mass is 10.1. The maximum atomic E-state index is 12.2. The van der Waals surface area contributed by atoms with Gasteiger partial charge < -0.3 is 19.9 Å². The number of ether oxygens (including phenoxy) is 1. The van der Waals surface area contributed by atoms with Crippen molar-refractivity contribution >= 4 is 23.3 Å². The van der Waals surface area contributed by atoms with Crippen molar-refractivity contribution in [2.45, 2.75) is 19.4 Å². The summed E-state index contributed by atoms with van der Waals surface area (Å²) >= 11 is 0. The highest BCUT2D eigenvalue weighted by Crippen LogP contribution is 2.31. The fourth-order valence-corrected chi connectivity index (χ4v) is 3.56. The molecule has 4 rings (SSSR count). The van der Waals surface area contributed by atoms with E-state index >= 15 is 0 Å². The summed E-state index contributed by atoms with van der Waals surface area (Å²) in [5, 5.41) is 12.2. The van der Waals surface area contributed by atoms with Crippen LogP contribution in [0.1, 0.15) is 34.5 Å². The molecule has 34 heavy (non-hydrogen) atoms. The molecule has 1 aliphatic heterocycles. The molecule has 1 saturated heterocycles. The summed E-state index contributed by atoms with van der Waals surface area (Å²) in [4.78, 5) is 36.0. The molecule has 1 N–H and O–H groups in total. The molecule has 1 aliphatic rings. The third-order valence-corrected chi connectivity index (χ3v) is 5.35. The molecule has 172 valence electrons. The Kier molecular flexibility index (Phi) is 6.69. The average molecular weight is 457 g/mol. The first-order valence-corrected chi connectivity index (χ1v) is 10.8. The number of benzene rings is 1. The fourth-order valence-electron chi connectivity index (χ4n) is 3.56. The van der Waals surface area contributed by atoms with Gasteiger partial charge in [0.25, 0.3) is 5.91 Å². The van der Waals surface area contributed by atoms with E-state index in [1.165, 1.54) is 17.3 Å². The second kappa shape index (κ2) is 10.0. The number of hydrogen-bond donors (Lipinski definition) is 1. The van der Waals surface area contributed by atoms with Gasteiger partial charge in [0.15, 0.2) is 0 Å². The molecule has 9 nitrogen and oxygen atoms in total. The number of nitriles is 1. The van der Waals surface area contributed by atoms with Crippen LogP contribution >= 0.6 is 0 Å². The van der Waals surface area contributed by atoms with Crippen LogP contribution in [0.5, 0.6) is 11.5 Å². The molecule has 0 atom stereocenters. The van der Waals surface area contributed by atoms with Gasteiger partial charge >= 0.3 is 0 Å². The van der Waals surface area contributed by atoms with Crippen molar-refractivity contribution in [1.29, 1.82) is 5.26 Å². The van der Waals surface area contributed by atoms with Crippen LogP contribution in [0.2, 0.25) is 0 Å². The molecule has 2 amide bonds. The molecule has 2 aromatic heterocycles. The molecule has 1 fully saturated rings. The monoisotopic (exact) mass is 456 g/mol. The van der Waals surface area contributed by atoms with Gasteiger partial charge in [0.2, 0.25) is 5.91 Å². The zero-order valence-corrected chi connectivity index (χ0v) is 19.0. The summed E-state index contributed by atoms with van der Waals surface area (Å²) in [6.07, 6.45) is 4.40. The highest BCUT2D eigenvalue weighted by molar-refractivity contribution is 5.91. The van der Waals surface area contributed by atoms with Crippen molar-refractivity contribution < 1.29 is 14.3 Å².